The zero-order chi connectivity index (χ0) is 13.2. The predicted octanol–water partition coefficient (Wildman–Crippen LogP) is 2.77. The highest BCUT2D eigenvalue weighted by atomic mass is 19.1. The smallest absolute Gasteiger partial charge is 0.265 e. The molecule has 1 N–H and O–H groups in total. The number of nitrogens with one attached hydrogen (secondary N) is 1. The molecule has 2 aromatic carbocycles. The van der Waals surface area contributed by atoms with E-state index in [1.165, 1.54) is 24.3 Å². The lowest BCUT2D eigenvalue weighted by Crippen LogP contribution is -2.31. The van der Waals surface area contributed by atoms with Gasteiger partial charge >= 0.3 is 0 Å². The minimum absolute atomic E-state index is 0.220. The number of ether oxygens (including phenoxy) is 1. The fourth-order valence-corrected chi connectivity index (χ4v) is 2.08. The molecule has 0 aromatic heterocycles. The Bertz CT molecular complexity index is 585. The van der Waals surface area contributed by atoms with Gasteiger partial charge in [-0.2, -0.15) is 0 Å². The van der Waals surface area contributed by atoms with Gasteiger partial charge in [-0.1, -0.05) is 18.2 Å². The van der Waals surface area contributed by atoms with Gasteiger partial charge in [-0.3, -0.25) is 4.79 Å². The first-order valence-electron chi connectivity index (χ1n) is 6.03. The van der Waals surface area contributed by atoms with Gasteiger partial charge < -0.3 is 10.1 Å². The maximum absolute atomic E-state index is 12.8. The number of carbonyl (C=O) groups excluding carboxylic acids is 1. The minimum Gasteiger partial charge on any atom is -0.480 e. The van der Waals surface area contributed by atoms with E-state index in [9.17, 15) is 9.18 Å². The SMILES string of the molecule is O=C(Nc1ccc(F)cc1)[C@@H]1Cc2ccccc2O1. The van der Waals surface area contributed by atoms with Crippen LogP contribution in [-0.2, 0) is 11.2 Å². The van der Waals surface area contributed by atoms with Crippen molar-refractivity contribution in [3.8, 4) is 5.75 Å². The number of para-hydroxylation sites is 1. The third-order valence-corrected chi connectivity index (χ3v) is 3.05. The standard InChI is InChI=1S/C15H12FNO2/c16-11-5-7-12(8-6-11)17-15(18)14-9-10-3-1-2-4-13(10)19-14/h1-8,14H,9H2,(H,17,18)/t14-/m0/s1. The molecule has 4 heteroatoms. The Balaban J connectivity index is 1.68. The average Bonchev–Trinajstić information content (AvgIpc) is 2.85. The van der Waals surface area contributed by atoms with Gasteiger partial charge in [0.05, 0.1) is 0 Å². The molecule has 0 radical (unpaired) electrons. The van der Waals surface area contributed by atoms with E-state index in [0.717, 1.165) is 11.3 Å². The van der Waals surface area contributed by atoms with Crippen molar-refractivity contribution in [2.75, 3.05) is 5.32 Å². The number of amides is 1. The molecular formula is C15H12FNO2. The first-order chi connectivity index (χ1) is 9.22. The van der Waals surface area contributed by atoms with E-state index in [4.69, 9.17) is 4.74 Å². The van der Waals surface area contributed by atoms with Crippen LogP contribution in [0.4, 0.5) is 10.1 Å². The lowest BCUT2D eigenvalue weighted by atomic mass is 10.1. The van der Waals surface area contributed by atoms with Crippen molar-refractivity contribution in [1.29, 1.82) is 0 Å². The molecule has 1 atom stereocenters. The molecule has 1 aliphatic heterocycles. The fourth-order valence-electron chi connectivity index (χ4n) is 2.08. The van der Waals surface area contributed by atoms with Crippen molar-refractivity contribution >= 4 is 11.6 Å². The topological polar surface area (TPSA) is 38.3 Å². The Labute approximate surface area is 110 Å². The molecule has 3 nitrogen and oxygen atoms in total. The molecule has 0 saturated heterocycles. The van der Waals surface area contributed by atoms with Crippen LogP contribution in [0.5, 0.6) is 5.75 Å². The first kappa shape index (κ1) is 11.7. The number of halogens is 1. The van der Waals surface area contributed by atoms with Crippen molar-refractivity contribution < 1.29 is 13.9 Å². The van der Waals surface area contributed by atoms with E-state index in [2.05, 4.69) is 5.32 Å². The molecule has 0 saturated carbocycles. The second-order valence-electron chi connectivity index (χ2n) is 4.41. The zero-order valence-electron chi connectivity index (χ0n) is 10.1. The maximum atomic E-state index is 12.8. The molecule has 0 aliphatic carbocycles. The molecule has 3 rings (SSSR count). The number of rotatable bonds is 2. The molecule has 1 amide bonds. The number of hydrogen-bond acceptors (Lipinski definition) is 2. The van der Waals surface area contributed by atoms with E-state index in [-0.39, 0.29) is 11.7 Å². The summed E-state index contributed by atoms with van der Waals surface area (Å²) in [6.07, 6.45) is 0.0332. The summed E-state index contributed by atoms with van der Waals surface area (Å²) in [7, 11) is 0. The molecule has 96 valence electrons. The van der Waals surface area contributed by atoms with Gasteiger partial charge in [0.25, 0.3) is 5.91 Å². The normalized spacial score (nSPS) is 16.6. The van der Waals surface area contributed by atoms with E-state index in [1.54, 1.807) is 0 Å². The van der Waals surface area contributed by atoms with E-state index < -0.39 is 6.10 Å². The molecule has 2 aromatic rings. The van der Waals surface area contributed by atoms with Gasteiger partial charge in [0.1, 0.15) is 11.6 Å². The van der Waals surface area contributed by atoms with Crippen molar-refractivity contribution in [1.82, 2.24) is 0 Å². The summed E-state index contributed by atoms with van der Waals surface area (Å²) < 4.78 is 18.3. The summed E-state index contributed by atoms with van der Waals surface area (Å²) in [6, 6.07) is 13.2. The summed E-state index contributed by atoms with van der Waals surface area (Å²) in [5.41, 5.74) is 1.59. The molecule has 1 heterocycles. The molecule has 0 spiro atoms. The van der Waals surface area contributed by atoms with Crippen molar-refractivity contribution in [3.63, 3.8) is 0 Å². The van der Waals surface area contributed by atoms with Crippen molar-refractivity contribution in [3.05, 3.63) is 59.9 Å². The zero-order valence-corrected chi connectivity index (χ0v) is 10.1. The van der Waals surface area contributed by atoms with Gasteiger partial charge in [0.2, 0.25) is 0 Å². The highest BCUT2D eigenvalue weighted by molar-refractivity contribution is 5.95. The van der Waals surface area contributed by atoms with Crippen molar-refractivity contribution in [2.45, 2.75) is 12.5 Å². The summed E-state index contributed by atoms with van der Waals surface area (Å²) in [4.78, 5) is 12.0. The molecule has 0 unspecified atom stereocenters. The van der Waals surface area contributed by atoms with Crippen LogP contribution in [0.3, 0.4) is 0 Å². The lowest BCUT2D eigenvalue weighted by Gasteiger charge is -2.11. The van der Waals surface area contributed by atoms with Gasteiger partial charge in [-0.05, 0) is 35.9 Å². The summed E-state index contributed by atoms with van der Waals surface area (Å²) in [6.45, 7) is 0. The van der Waals surface area contributed by atoms with Crippen LogP contribution in [0.15, 0.2) is 48.5 Å². The molecular weight excluding hydrogens is 245 g/mol. The molecule has 19 heavy (non-hydrogen) atoms. The van der Waals surface area contributed by atoms with E-state index in [1.807, 2.05) is 24.3 Å². The predicted molar refractivity (Wildman–Crippen MR) is 69.6 cm³/mol. The Morgan fingerprint density at radius 3 is 2.63 bits per heavy atom. The monoisotopic (exact) mass is 257 g/mol. The Morgan fingerprint density at radius 1 is 1.16 bits per heavy atom. The van der Waals surface area contributed by atoms with Crippen LogP contribution in [0.25, 0.3) is 0 Å². The maximum Gasteiger partial charge on any atom is 0.265 e. The van der Waals surface area contributed by atoms with Crippen LogP contribution in [0.1, 0.15) is 5.56 Å². The van der Waals surface area contributed by atoms with Gasteiger partial charge in [0.15, 0.2) is 6.10 Å². The average molecular weight is 257 g/mol. The third-order valence-electron chi connectivity index (χ3n) is 3.05. The molecule has 0 fully saturated rings. The van der Waals surface area contributed by atoms with Gasteiger partial charge in [0, 0.05) is 12.1 Å². The number of carbonyl (C=O) groups is 1. The summed E-state index contributed by atoms with van der Waals surface area (Å²) in [5, 5.41) is 2.72. The van der Waals surface area contributed by atoms with Crippen LogP contribution >= 0.6 is 0 Å². The summed E-state index contributed by atoms with van der Waals surface area (Å²) in [5.74, 6) is 0.201. The minimum atomic E-state index is -0.526. The molecule has 0 bridgehead atoms. The second kappa shape index (κ2) is 4.72. The second-order valence-corrected chi connectivity index (χ2v) is 4.41. The lowest BCUT2D eigenvalue weighted by molar-refractivity contribution is -0.122. The number of fused-ring (bicyclic) bond motifs is 1. The summed E-state index contributed by atoms with van der Waals surface area (Å²) >= 11 is 0. The van der Waals surface area contributed by atoms with Crippen LogP contribution < -0.4 is 10.1 Å². The first-order valence-corrected chi connectivity index (χ1v) is 6.03. The third kappa shape index (κ3) is 2.42. The highest BCUT2D eigenvalue weighted by Gasteiger charge is 2.28. The van der Waals surface area contributed by atoms with Crippen LogP contribution in [-0.4, -0.2) is 12.0 Å². The Hall–Kier alpha value is -2.36. The quantitative estimate of drug-likeness (QED) is 0.898. The van der Waals surface area contributed by atoms with Gasteiger partial charge in [-0.15, -0.1) is 0 Å². The van der Waals surface area contributed by atoms with E-state index in [0.29, 0.717) is 12.1 Å². The Kier molecular flexibility index (Phi) is 2.91. The van der Waals surface area contributed by atoms with Gasteiger partial charge in [-0.25, -0.2) is 4.39 Å². The van der Waals surface area contributed by atoms with Crippen molar-refractivity contribution in [2.24, 2.45) is 0 Å². The molecule has 1 aliphatic rings. The number of hydrogen-bond donors (Lipinski definition) is 1. The largest absolute Gasteiger partial charge is 0.480 e. The van der Waals surface area contributed by atoms with E-state index >= 15 is 0 Å². The van der Waals surface area contributed by atoms with Crippen LogP contribution in [0, 0.1) is 5.82 Å². The Morgan fingerprint density at radius 2 is 1.89 bits per heavy atom. The highest BCUT2D eigenvalue weighted by Crippen LogP contribution is 2.28. The number of benzene rings is 2. The number of anilines is 1. The fraction of sp³-hybridized carbons (Fsp3) is 0.133. The van der Waals surface area contributed by atoms with Crippen LogP contribution in [0.2, 0.25) is 0 Å².